The Morgan fingerprint density at radius 3 is 1.52 bits per heavy atom. The van der Waals surface area contributed by atoms with Gasteiger partial charge in [0.1, 0.15) is 11.6 Å². The first-order chi connectivity index (χ1) is 11.8. The fourth-order valence-electron chi connectivity index (χ4n) is 2.57. The van der Waals surface area contributed by atoms with Crippen molar-refractivity contribution in [2.24, 2.45) is 0 Å². The summed E-state index contributed by atoms with van der Waals surface area (Å²) in [6.45, 7) is 3.45. The molecular formula is C21H20F2N2. The molecule has 2 aromatic carbocycles. The first kappa shape index (κ1) is 17.1. The second-order valence-electron chi connectivity index (χ2n) is 6.42. The minimum absolute atomic E-state index is 0.266. The molecule has 0 saturated carbocycles. The number of aromatic nitrogens is 1. The minimum atomic E-state index is -0.266. The van der Waals surface area contributed by atoms with Gasteiger partial charge < -0.3 is 4.90 Å². The average molecular weight is 338 g/mol. The summed E-state index contributed by atoms with van der Waals surface area (Å²) in [6.07, 6.45) is 0. The molecule has 0 amide bonds. The van der Waals surface area contributed by atoms with E-state index in [9.17, 15) is 8.78 Å². The predicted octanol–water partition coefficient (Wildman–Crippen LogP) is 5.38. The van der Waals surface area contributed by atoms with Gasteiger partial charge in [-0.15, -0.1) is 0 Å². The normalized spacial score (nSPS) is 10.8. The smallest absolute Gasteiger partial charge is 0.126 e. The van der Waals surface area contributed by atoms with E-state index >= 15 is 0 Å². The summed E-state index contributed by atoms with van der Waals surface area (Å²) in [7, 11) is 3.85. The van der Waals surface area contributed by atoms with Crippen LogP contribution in [0, 0.1) is 25.5 Å². The lowest BCUT2D eigenvalue weighted by atomic mass is 10.0. The molecule has 0 bridgehead atoms. The second-order valence-corrected chi connectivity index (χ2v) is 6.42. The molecule has 0 fully saturated rings. The molecule has 0 saturated heterocycles. The molecule has 1 heterocycles. The Hall–Kier alpha value is -2.75. The van der Waals surface area contributed by atoms with Crippen molar-refractivity contribution in [3.63, 3.8) is 0 Å². The predicted molar refractivity (Wildman–Crippen MR) is 98.8 cm³/mol. The van der Waals surface area contributed by atoms with Crippen LogP contribution in [0.15, 0.2) is 48.5 Å². The van der Waals surface area contributed by atoms with Gasteiger partial charge in [-0.25, -0.2) is 13.8 Å². The third kappa shape index (κ3) is 3.53. The fraction of sp³-hybridized carbons (Fsp3) is 0.190. The van der Waals surface area contributed by atoms with Crippen LogP contribution in [-0.4, -0.2) is 19.1 Å². The molecule has 0 aliphatic carbocycles. The standard InChI is InChI=1S/C21H20F2N2/c1-13-5-7-15(9-18(13)22)20-11-17(25(3)4)12-21(24-20)16-8-6-14(2)19(23)10-16/h5-12H,1-4H3. The zero-order chi connectivity index (χ0) is 18.1. The van der Waals surface area contributed by atoms with Crippen molar-refractivity contribution < 1.29 is 8.78 Å². The highest BCUT2D eigenvalue weighted by molar-refractivity contribution is 5.72. The van der Waals surface area contributed by atoms with Crippen molar-refractivity contribution in [2.45, 2.75) is 13.8 Å². The highest BCUT2D eigenvalue weighted by Crippen LogP contribution is 2.29. The van der Waals surface area contributed by atoms with Crippen LogP contribution < -0.4 is 4.90 Å². The first-order valence-corrected chi connectivity index (χ1v) is 8.07. The van der Waals surface area contributed by atoms with Crippen molar-refractivity contribution >= 4 is 5.69 Å². The quantitative estimate of drug-likeness (QED) is 0.638. The van der Waals surface area contributed by atoms with Crippen LogP contribution in [0.2, 0.25) is 0 Å². The third-order valence-electron chi connectivity index (χ3n) is 4.26. The van der Waals surface area contributed by atoms with Gasteiger partial charge in [0.15, 0.2) is 0 Å². The lowest BCUT2D eigenvalue weighted by Crippen LogP contribution is -2.09. The number of anilines is 1. The zero-order valence-electron chi connectivity index (χ0n) is 14.8. The molecule has 0 N–H and O–H groups in total. The van der Waals surface area contributed by atoms with Gasteiger partial charge in [0.05, 0.1) is 11.4 Å². The van der Waals surface area contributed by atoms with Crippen LogP contribution in [0.5, 0.6) is 0 Å². The SMILES string of the molecule is Cc1ccc(-c2cc(N(C)C)cc(-c3ccc(C)c(F)c3)n2)cc1F. The third-order valence-corrected chi connectivity index (χ3v) is 4.26. The summed E-state index contributed by atoms with van der Waals surface area (Å²) >= 11 is 0. The Bertz CT molecular complexity index is 863. The maximum Gasteiger partial charge on any atom is 0.126 e. The largest absolute Gasteiger partial charge is 0.378 e. The van der Waals surface area contributed by atoms with Crippen LogP contribution in [0.1, 0.15) is 11.1 Å². The number of benzene rings is 2. The van der Waals surface area contributed by atoms with Crippen molar-refractivity contribution in [1.82, 2.24) is 4.98 Å². The Kier molecular flexibility index (Phi) is 4.53. The van der Waals surface area contributed by atoms with Crippen LogP contribution >= 0.6 is 0 Å². The molecule has 128 valence electrons. The molecule has 4 heteroatoms. The number of aryl methyl sites for hydroxylation is 2. The molecule has 0 radical (unpaired) electrons. The Balaban J connectivity index is 2.17. The maximum atomic E-state index is 14.0. The molecule has 3 rings (SSSR count). The van der Waals surface area contributed by atoms with Gasteiger partial charge in [0, 0.05) is 30.9 Å². The Morgan fingerprint density at radius 2 is 1.16 bits per heavy atom. The van der Waals surface area contributed by atoms with Crippen molar-refractivity contribution in [3.8, 4) is 22.5 Å². The van der Waals surface area contributed by atoms with Crippen molar-refractivity contribution in [3.05, 3.63) is 71.3 Å². The topological polar surface area (TPSA) is 16.1 Å². The number of nitrogens with zero attached hydrogens (tertiary/aromatic N) is 2. The van der Waals surface area contributed by atoms with Gasteiger partial charge in [-0.2, -0.15) is 0 Å². The zero-order valence-corrected chi connectivity index (χ0v) is 14.8. The monoisotopic (exact) mass is 338 g/mol. The van der Waals surface area contributed by atoms with Gasteiger partial charge in [0.2, 0.25) is 0 Å². The van der Waals surface area contributed by atoms with Gasteiger partial charge in [0.25, 0.3) is 0 Å². The second kappa shape index (κ2) is 6.63. The summed E-state index contributed by atoms with van der Waals surface area (Å²) < 4.78 is 27.9. The lowest BCUT2D eigenvalue weighted by Gasteiger charge is -2.16. The van der Waals surface area contributed by atoms with E-state index in [2.05, 4.69) is 4.98 Å². The van der Waals surface area contributed by atoms with Crippen LogP contribution in [-0.2, 0) is 0 Å². The molecule has 0 atom stereocenters. The number of rotatable bonds is 3. The van der Waals surface area contributed by atoms with E-state index in [0.717, 1.165) is 5.69 Å². The van der Waals surface area contributed by atoms with E-state index in [1.807, 2.05) is 43.3 Å². The van der Waals surface area contributed by atoms with Crippen LogP contribution in [0.3, 0.4) is 0 Å². The molecule has 0 unspecified atom stereocenters. The summed E-state index contributed by atoms with van der Waals surface area (Å²) in [5.74, 6) is -0.532. The highest BCUT2D eigenvalue weighted by atomic mass is 19.1. The molecule has 25 heavy (non-hydrogen) atoms. The van der Waals surface area contributed by atoms with Gasteiger partial charge in [-0.1, -0.05) is 24.3 Å². The van der Waals surface area contributed by atoms with Gasteiger partial charge in [-0.05, 0) is 49.2 Å². The van der Waals surface area contributed by atoms with E-state index in [1.165, 1.54) is 12.1 Å². The molecule has 2 nitrogen and oxygen atoms in total. The van der Waals surface area contributed by atoms with Crippen LogP contribution in [0.4, 0.5) is 14.5 Å². The molecule has 3 aromatic rings. The summed E-state index contributed by atoms with van der Waals surface area (Å²) in [5.41, 5.74) is 4.80. The number of halogens is 2. The molecule has 0 aliphatic rings. The summed E-state index contributed by atoms with van der Waals surface area (Å²) in [4.78, 5) is 6.59. The van der Waals surface area contributed by atoms with E-state index in [4.69, 9.17) is 0 Å². The van der Waals surface area contributed by atoms with E-state index in [-0.39, 0.29) is 11.6 Å². The van der Waals surface area contributed by atoms with Gasteiger partial charge >= 0.3 is 0 Å². The molecular weight excluding hydrogens is 318 g/mol. The van der Waals surface area contributed by atoms with Crippen LogP contribution in [0.25, 0.3) is 22.5 Å². The molecule has 1 aromatic heterocycles. The van der Waals surface area contributed by atoms with E-state index in [0.29, 0.717) is 33.6 Å². The van der Waals surface area contributed by atoms with E-state index < -0.39 is 0 Å². The van der Waals surface area contributed by atoms with Crippen molar-refractivity contribution in [2.75, 3.05) is 19.0 Å². The summed E-state index contributed by atoms with van der Waals surface area (Å²) in [5, 5.41) is 0. The molecule has 0 aliphatic heterocycles. The van der Waals surface area contributed by atoms with Gasteiger partial charge in [-0.3, -0.25) is 0 Å². The summed E-state index contributed by atoms with van der Waals surface area (Å²) in [6, 6.07) is 13.9. The maximum absolute atomic E-state index is 14.0. The molecule has 0 spiro atoms. The minimum Gasteiger partial charge on any atom is -0.378 e. The first-order valence-electron chi connectivity index (χ1n) is 8.07. The number of hydrogen-bond donors (Lipinski definition) is 0. The lowest BCUT2D eigenvalue weighted by molar-refractivity contribution is 0.619. The van der Waals surface area contributed by atoms with E-state index in [1.54, 1.807) is 26.0 Å². The Labute approximate surface area is 146 Å². The Morgan fingerprint density at radius 1 is 0.720 bits per heavy atom. The van der Waals surface area contributed by atoms with Crippen molar-refractivity contribution in [1.29, 1.82) is 0 Å². The number of pyridine rings is 1. The number of hydrogen-bond acceptors (Lipinski definition) is 2. The average Bonchev–Trinajstić information content (AvgIpc) is 2.59. The fourth-order valence-corrected chi connectivity index (χ4v) is 2.57. The highest BCUT2D eigenvalue weighted by Gasteiger charge is 2.11.